The van der Waals surface area contributed by atoms with E-state index in [1.807, 2.05) is 0 Å². The molecule has 0 spiro atoms. The second-order valence-electron chi connectivity index (χ2n) is 9.02. The van der Waals surface area contributed by atoms with E-state index in [1.54, 1.807) is 0 Å². The first-order valence-corrected chi connectivity index (χ1v) is 12.7. The molecule has 190 valence electrons. The fraction of sp³-hybridized carbons (Fsp3) is 0.958. The number of aliphatic hydroxyl groups is 5. The van der Waals surface area contributed by atoms with Crippen LogP contribution in [0.4, 0.5) is 0 Å². The van der Waals surface area contributed by atoms with Gasteiger partial charge >= 0.3 is 0 Å². The Morgan fingerprint density at radius 3 is 1.72 bits per heavy atom. The van der Waals surface area contributed by atoms with Gasteiger partial charge in [-0.15, -0.1) is 0 Å². The van der Waals surface area contributed by atoms with Crippen LogP contribution in [0.1, 0.15) is 96.8 Å². The van der Waals surface area contributed by atoms with E-state index in [9.17, 15) is 30.3 Å². The van der Waals surface area contributed by atoms with E-state index in [0.29, 0.717) is 6.42 Å². The number of hydrogen-bond donors (Lipinski definition) is 5. The molecule has 1 amide bonds. The summed E-state index contributed by atoms with van der Waals surface area (Å²) in [4.78, 5) is 13.9. The molecular formula is C24H47NO7. The van der Waals surface area contributed by atoms with Crippen LogP contribution >= 0.6 is 0 Å². The first kappa shape index (κ1) is 29.3. The predicted octanol–water partition coefficient (Wildman–Crippen LogP) is 2.09. The Morgan fingerprint density at radius 1 is 0.750 bits per heavy atom. The normalized spacial score (nSPS) is 25.8. The standard InChI is InChI=1S/C24H47NO7/c1-2-3-4-5-6-7-8-9-10-11-12-13-14-15-20(28)25(16-17-26)24-23(31)22(30)21(29)19(18-27)32-24/h19,21-24,26-27,29-31H,2-18H2,1H3/t19-,21-,22+,23-,24-/m1/s1. The number of carbonyl (C=O) groups excluding carboxylic acids is 1. The number of amides is 1. The van der Waals surface area contributed by atoms with Gasteiger partial charge in [0.1, 0.15) is 24.4 Å². The third-order valence-electron chi connectivity index (χ3n) is 6.33. The van der Waals surface area contributed by atoms with E-state index in [2.05, 4.69) is 6.92 Å². The molecule has 1 aliphatic rings. The number of rotatable bonds is 18. The zero-order chi connectivity index (χ0) is 23.8. The van der Waals surface area contributed by atoms with Gasteiger partial charge < -0.3 is 35.2 Å². The summed E-state index contributed by atoms with van der Waals surface area (Å²) in [5, 5.41) is 48.8. The van der Waals surface area contributed by atoms with E-state index in [4.69, 9.17) is 4.74 Å². The molecule has 1 rings (SSSR count). The van der Waals surface area contributed by atoms with E-state index in [0.717, 1.165) is 19.3 Å². The van der Waals surface area contributed by atoms with Crippen LogP contribution in [0, 0.1) is 0 Å². The molecule has 1 heterocycles. The van der Waals surface area contributed by atoms with Crippen molar-refractivity contribution in [1.29, 1.82) is 0 Å². The molecule has 0 bridgehead atoms. The van der Waals surface area contributed by atoms with Crippen molar-refractivity contribution in [2.24, 2.45) is 0 Å². The zero-order valence-electron chi connectivity index (χ0n) is 19.9. The van der Waals surface area contributed by atoms with Gasteiger partial charge in [-0.25, -0.2) is 0 Å². The van der Waals surface area contributed by atoms with E-state index < -0.39 is 37.3 Å². The number of carbonyl (C=O) groups is 1. The molecule has 1 aliphatic heterocycles. The fourth-order valence-corrected chi connectivity index (χ4v) is 4.28. The van der Waals surface area contributed by atoms with Crippen molar-refractivity contribution in [3.8, 4) is 0 Å². The Bertz CT molecular complexity index is 477. The largest absolute Gasteiger partial charge is 0.395 e. The minimum atomic E-state index is -1.55. The summed E-state index contributed by atoms with van der Waals surface area (Å²) in [5.41, 5.74) is 0. The van der Waals surface area contributed by atoms with Crippen LogP contribution in [0.2, 0.25) is 0 Å². The topological polar surface area (TPSA) is 131 Å². The summed E-state index contributed by atoms with van der Waals surface area (Å²) in [5.74, 6) is -0.286. The molecule has 1 saturated heterocycles. The maximum absolute atomic E-state index is 12.7. The van der Waals surface area contributed by atoms with Gasteiger partial charge in [0.2, 0.25) is 5.91 Å². The molecule has 8 nitrogen and oxygen atoms in total. The molecule has 8 heteroatoms. The smallest absolute Gasteiger partial charge is 0.224 e. The molecular weight excluding hydrogens is 414 g/mol. The van der Waals surface area contributed by atoms with Gasteiger partial charge in [0.15, 0.2) is 6.23 Å². The summed E-state index contributed by atoms with van der Waals surface area (Å²) in [6.45, 7) is 1.31. The zero-order valence-corrected chi connectivity index (χ0v) is 19.9. The number of ether oxygens (including phenoxy) is 1. The van der Waals surface area contributed by atoms with E-state index in [-0.39, 0.29) is 25.5 Å². The van der Waals surface area contributed by atoms with Crippen molar-refractivity contribution in [1.82, 2.24) is 4.90 Å². The first-order valence-electron chi connectivity index (χ1n) is 12.7. The molecule has 32 heavy (non-hydrogen) atoms. The predicted molar refractivity (Wildman–Crippen MR) is 123 cm³/mol. The lowest BCUT2D eigenvalue weighted by molar-refractivity contribution is -0.263. The van der Waals surface area contributed by atoms with Gasteiger partial charge in [0, 0.05) is 13.0 Å². The van der Waals surface area contributed by atoms with Crippen LogP contribution in [0.3, 0.4) is 0 Å². The molecule has 0 saturated carbocycles. The van der Waals surface area contributed by atoms with E-state index >= 15 is 0 Å². The Balaban J connectivity index is 2.24. The first-order chi connectivity index (χ1) is 15.5. The van der Waals surface area contributed by atoms with Crippen molar-refractivity contribution < 1.29 is 35.1 Å². The summed E-state index contributed by atoms with van der Waals surface area (Å²) in [6, 6.07) is 0. The molecule has 0 aromatic carbocycles. The van der Waals surface area contributed by atoms with Crippen molar-refractivity contribution >= 4 is 5.91 Å². The molecule has 1 fully saturated rings. The lowest BCUT2D eigenvalue weighted by Crippen LogP contribution is -2.64. The minimum absolute atomic E-state index is 0.0556. The SMILES string of the molecule is CCCCCCCCCCCCCCCC(=O)N(CCO)[C@@H]1O[C@H](CO)[C@@H](O)[C@H](O)[C@H]1O. The van der Waals surface area contributed by atoms with Gasteiger partial charge in [-0.2, -0.15) is 0 Å². The lowest BCUT2D eigenvalue weighted by atomic mass is 9.97. The maximum Gasteiger partial charge on any atom is 0.224 e. The molecule has 0 radical (unpaired) electrons. The maximum atomic E-state index is 12.7. The van der Waals surface area contributed by atoms with Gasteiger partial charge in [0.05, 0.1) is 13.2 Å². The van der Waals surface area contributed by atoms with Crippen molar-refractivity contribution in [3.05, 3.63) is 0 Å². The molecule has 0 aromatic heterocycles. The summed E-state index contributed by atoms with van der Waals surface area (Å²) in [7, 11) is 0. The number of nitrogens with zero attached hydrogens (tertiary/aromatic N) is 1. The number of aliphatic hydroxyl groups excluding tert-OH is 5. The number of unbranched alkanes of at least 4 members (excludes halogenated alkanes) is 12. The molecule has 0 aliphatic carbocycles. The summed E-state index contributed by atoms with van der Waals surface area (Å²) < 4.78 is 5.47. The van der Waals surface area contributed by atoms with Gasteiger partial charge in [-0.3, -0.25) is 4.79 Å². The second-order valence-corrected chi connectivity index (χ2v) is 9.02. The van der Waals surface area contributed by atoms with Crippen LogP contribution in [-0.4, -0.2) is 86.7 Å². The van der Waals surface area contributed by atoms with Gasteiger partial charge in [0.25, 0.3) is 0 Å². The highest BCUT2D eigenvalue weighted by molar-refractivity contribution is 5.76. The van der Waals surface area contributed by atoms with E-state index in [1.165, 1.54) is 62.7 Å². The van der Waals surface area contributed by atoms with Gasteiger partial charge in [-0.05, 0) is 6.42 Å². The van der Waals surface area contributed by atoms with Crippen LogP contribution in [0.5, 0.6) is 0 Å². The van der Waals surface area contributed by atoms with Gasteiger partial charge in [-0.1, -0.05) is 84.0 Å². The average molecular weight is 462 g/mol. The highest BCUT2D eigenvalue weighted by Crippen LogP contribution is 2.24. The monoisotopic (exact) mass is 461 g/mol. The second kappa shape index (κ2) is 17.7. The fourth-order valence-electron chi connectivity index (χ4n) is 4.28. The van der Waals surface area contributed by atoms with Crippen molar-refractivity contribution in [2.45, 2.75) is 127 Å². The Kier molecular flexibility index (Phi) is 16.2. The van der Waals surface area contributed by atoms with Crippen LogP contribution in [-0.2, 0) is 9.53 Å². The Labute approximate surface area is 193 Å². The summed E-state index contributed by atoms with van der Waals surface area (Å²) in [6.07, 6.45) is 9.14. The van der Waals surface area contributed by atoms with Crippen LogP contribution in [0.25, 0.3) is 0 Å². The molecule has 5 atom stereocenters. The Hall–Kier alpha value is -0.770. The molecule has 0 aromatic rings. The summed E-state index contributed by atoms with van der Waals surface area (Å²) >= 11 is 0. The Morgan fingerprint density at radius 2 is 1.25 bits per heavy atom. The lowest BCUT2D eigenvalue weighted by Gasteiger charge is -2.44. The highest BCUT2D eigenvalue weighted by atomic mass is 16.6. The third-order valence-corrected chi connectivity index (χ3v) is 6.33. The van der Waals surface area contributed by atoms with Crippen LogP contribution in [0.15, 0.2) is 0 Å². The molecule has 5 N–H and O–H groups in total. The van der Waals surface area contributed by atoms with Crippen molar-refractivity contribution in [3.63, 3.8) is 0 Å². The number of hydrogen-bond acceptors (Lipinski definition) is 7. The molecule has 0 unspecified atom stereocenters. The quantitative estimate of drug-likeness (QED) is 0.198. The van der Waals surface area contributed by atoms with Crippen molar-refractivity contribution in [2.75, 3.05) is 19.8 Å². The third kappa shape index (κ3) is 10.4. The minimum Gasteiger partial charge on any atom is -0.395 e. The average Bonchev–Trinajstić information content (AvgIpc) is 2.79. The van der Waals surface area contributed by atoms with Crippen LogP contribution < -0.4 is 0 Å². The highest BCUT2D eigenvalue weighted by Gasteiger charge is 2.46.